The molecule has 10 heteroatoms. The number of rotatable bonds is 3. The molecule has 0 aliphatic carbocycles. The van der Waals surface area contributed by atoms with Gasteiger partial charge in [0.25, 0.3) is 0 Å². The van der Waals surface area contributed by atoms with Crippen molar-refractivity contribution in [3.8, 4) is 22.5 Å². The molecular weight excluding hydrogens is 721 g/mol. The van der Waals surface area contributed by atoms with Crippen LogP contribution in [0.15, 0.2) is 167 Å². The Morgan fingerprint density at radius 2 is 0.845 bits per heavy atom. The molecular formula is C48H26N8O2. The van der Waals surface area contributed by atoms with Gasteiger partial charge in [0.1, 0.15) is 0 Å². The summed E-state index contributed by atoms with van der Waals surface area (Å²) < 4.78 is 21.9. The Labute approximate surface area is 326 Å². The molecule has 8 heterocycles. The lowest BCUT2D eigenvalue weighted by Gasteiger charge is -2.08. The lowest BCUT2D eigenvalue weighted by Crippen LogP contribution is -1.96. The van der Waals surface area contributed by atoms with E-state index in [2.05, 4.69) is 149 Å². The molecule has 0 amide bonds. The number of furan rings is 2. The van der Waals surface area contributed by atoms with Crippen LogP contribution in [-0.2, 0) is 0 Å². The molecule has 0 N–H and O–H groups in total. The standard InChI is InChI=1S/C48H26N8O2/c1-3-15-35-33(13-1)51-47-53(35)41-25-27(19-21-37(41)55(47)39-17-5-9-29-31-11-7-23-49-45(31)57-43(29)39)28-20-22-38-42(26-28)54-36-16-4-2-14-34(36)52-48(54)56(38)40-18-6-10-30-32-12-8-24-50-46(32)58-44(30)40/h1-26H. The summed E-state index contributed by atoms with van der Waals surface area (Å²) in [5, 5.41) is 4.00. The maximum Gasteiger partial charge on any atom is 0.227 e. The van der Waals surface area contributed by atoms with Crippen molar-refractivity contribution in [3.05, 3.63) is 158 Å². The first-order valence-electron chi connectivity index (χ1n) is 19.1. The Bertz CT molecular complexity index is 3800. The molecule has 14 rings (SSSR count). The van der Waals surface area contributed by atoms with Crippen LogP contribution in [0.1, 0.15) is 0 Å². The fraction of sp³-hybridized carbons (Fsp3) is 0. The first kappa shape index (κ1) is 30.0. The summed E-state index contributed by atoms with van der Waals surface area (Å²) in [6.07, 6.45) is 3.53. The molecule has 0 saturated heterocycles. The number of nitrogens with zero attached hydrogens (tertiary/aromatic N) is 8. The monoisotopic (exact) mass is 746 g/mol. The highest BCUT2D eigenvalue weighted by atomic mass is 16.3. The summed E-state index contributed by atoms with van der Waals surface area (Å²) in [4.78, 5) is 19.5. The minimum absolute atomic E-state index is 0.614. The Balaban J connectivity index is 1.03. The quantitative estimate of drug-likeness (QED) is 0.179. The van der Waals surface area contributed by atoms with Gasteiger partial charge >= 0.3 is 0 Å². The topological polar surface area (TPSA) is 96.5 Å². The highest BCUT2D eigenvalue weighted by Gasteiger charge is 2.24. The molecule has 14 aromatic rings. The molecule has 0 aliphatic rings. The largest absolute Gasteiger partial charge is 0.435 e. The van der Waals surface area contributed by atoms with Gasteiger partial charge in [0.05, 0.1) is 55.5 Å². The van der Waals surface area contributed by atoms with Gasteiger partial charge in [-0.2, -0.15) is 0 Å². The Kier molecular flexibility index (Phi) is 5.56. The van der Waals surface area contributed by atoms with Crippen molar-refractivity contribution in [2.24, 2.45) is 0 Å². The smallest absolute Gasteiger partial charge is 0.227 e. The zero-order valence-corrected chi connectivity index (χ0v) is 30.4. The third-order valence-electron chi connectivity index (χ3n) is 11.7. The van der Waals surface area contributed by atoms with E-state index in [1.807, 2.05) is 24.3 Å². The number of aromatic nitrogens is 8. The summed E-state index contributed by atoms with van der Waals surface area (Å²) in [5.74, 6) is 1.62. The number of pyridine rings is 2. The van der Waals surface area contributed by atoms with Crippen LogP contribution in [0, 0.1) is 0 Å². The predicted octanol–water partition coefficient (Wildman–Crippen LogP) is 11.4. The average Bonchev–Trinajstić information content (AvgIpc) is 4.11. The molecule has 0 saturated carbocycles. The second kappa shape index (κ2) is 10.7. The van der Waals surface area contributed by atoms with Crippen LogP contribution in [0.25, 0.3) is 122 Å². The molecule has 8 aromatic heterocycles. The van der Waals surface area contributed by atoms with E-state index in [-0.39, 0.29) is 0 Å². The zero-order chi connectivity index (χ0) is 37.6. The van der Waals surface area contributed by atoms with E-state index in [0.29, 0.717) is 11.4 Å². The molecule has 270 valence electrons. The highest BCUT2D eigenvalue weighted by molar-refractivity contribution is 6.09. The Morgan fingerprint density at radius 3 is 1.34 bits per heavy atom. The van der Waals surface area contributed by atoms with E-state index in [0.717, 1.165) is 111 Å². The normalized spacial score (nSPS) is 12.5. The number of para-hydroxylation sites is 6. The van der Waals surface area contributed by atoms with Crippen LogP contribution in [-0.4, -0.2) is 37.9 Å². The van der Waals surface area contributed by atoms with E-state index in [9.17, 15) is 0 Å². The molecule has 0 aliphatic heterocycles. The molecule has 0 radical (unpaired) electrons. The van der Waals surface area contributed by atoms with Crippen LogP contribution < -0.4 is 0 Å². The summed E-state index contributed by atoms with van der Waals surface area (Å²) in [6.45, 7) is 0. The van der Waals surface area contributed by atoms with Crippen molar-refractivity contribution in [2.45, 2.75) is 0 Å². The van der Waals surface area contributed by atoms with Gasteiger partial charge in [0, 0.05) is 33.9 Å². The van der Waals surface area contributed by atoms with Gasteiger partial charge in [0.15, 0.2) is 11.2 Å². The SMILES string of the molecule is c1ccc2c(c1)nc1n(-c3cccc4c3oc3ncccc34)c3ccc(-c4ccc5c(c4)n4c6ccccc6nc4n5-c4cccc5c4oc4ncccc45)cc3n21. The van der Waals surface area contributed by atoms with Gasteiger partial charge in [0.2, 0.25) is 23.0 Å². The maximum atomic E-state index is 6.46. The van der Waals surface area contributed by atoms with E-state index < -0.39 is 0 Å². The van der Waals surface area contributed by atoms with Gasteiger partial charge in [-0.25, -0.2) is 19.9 Å². The molecule has 10 nitrogen and oxygen atoms in total. The summed E-state index contributed by atoms with van der Waals surface area (Å²) in [5.41, 5.74) is 14.8. The first-order valence-corrected chi connectivity index (χ1v) is 19.1. The van der Waals surface area contributed by atoms with Crippen molar-refractivity contribution in [1.82, 2.24) is 37.9 Å². The number of imidazole rings is 4. The average molecular weight is 747 g/mol. The van der Waals surface area contributed by atoms with Crippen LogP contribution in [0.2, 0.25) is 0 Å². The van der Waals surface area contributed by atoms with Gasteiger partial charge in [-0.1, -0.05) is 60.7 Å². The second-order valence-electron chi connectivity index (χ2n) is 14.8. The van der Waals surface area contributed by atoms with Gasteiger partial charge in [-0.15, -0.1) is 0 Å². The molecule has 0 unspecified atom stereocenters. The number of fused-ring (bicyclic) bond motifs is 16. The predicted molar refractivity (Wildman–Crippen MR) is 228 cm³/mol. The summed E-state index contributed by atoms with van der Waals surface area (Å²) in [7, 11) is 0. The molecule has 0 atom stereocenters. The molecule has 58 heavy (non-hydrogen) atoms. The zero-order valence-electron chi connectivity index (χ0n) is 30.4. The lowest BCUT2D eigenvalue weighted by molar-refractivity contribution is 0.651. The van der Waals surface area contributed by atoms with Crippen molar-refractivity contribution < 1.29 is 8.83 Å². The maximum absolute atomic E-state index is 6.46. The van der Waals surface area contributed by atoms with Crippen LogP contribution in [0.5, 0.6) is 0 Å². The summed E-state index contributed by atoms with van der Waals surface area (Å²) >= 11 is 0. The van der Waals surface area contributed by atoms with Gasteiger partial charge in [-0.05, 0) is 96.1 Å². The van der Waals surface area contributed by atoms with Crippen molar-refractivity contribution in [3.63, 3.8) is 0 Å². The third kappa shape index (κ3) is 3.80. The van der Waals surface area contributed by atoms with Crippen LogP contribution in [0.3, 0.4) is 0 Å². The minimum Gasteiger partial charge on any atom is -0.435 e. The number of hydrogen-bond acceptors (Lipinski definition) is 6. The fourth-order valence-corrected chi connectivity index (χ4v) is 9.22. The third-order valence-corrected chi connectivity index (χ3v) is 11.7. The van der Waals surface area contributed by atoms with E-state index in [4.69, 9.17) is 18.8 Å². The number of hydrogen-bond donors (Lipinski definition) is 0. The van der Waals surface area contributed by atoms with Gasteiger partial charge < -0.3 is 8.83 Å². The fourth-order valence-electron chi connectivity index (χ4n) is 9.22. The Hall–Kier alpha value is -8.24. The van der Waals surface area contributed by atoms with E-state index in [1.54, 1.807) is 12.4 Å². The molecule has 0 fully saturated rings. The summed E-state index contributed by atoms with van der Waals surface area (Å²) in [6, 6.07) is 50.5. The molecule has 6 aromatic carbocycles. The van der Waals surface area contributed by atoms with E-state index in [1.165, 1.54) is 0 Å². The molecule has 0 bridgehead atoms. The van der Waals surface area contributed by atoms with Crippen LogP contribution in [0.4, 0.5) is 0 Å². The number of benzene rings is 6. The second-order valence-corrected chi connectivity index (χ2v) is 14.8. The molecule has 0 spiro atoms. The van der Waals surface area contributed by atoms with E-state index >= 15 is 0 Å². The first-order chi connectivity index (χ1) is 28.8. The minimum atomic E-state index is 0.614. The van der Waals surface area contributed by atoms with Crippen LogP contribution >= 0.6 is 0 Å². The lowest BCUT2D eigenvalue weighted by atomic mass is 10.0. The van der Waals surface area contributed by atoms with Crippen molar-refractivity contribution in [2.75, 3.05) is 0 Å². The highest BCUT2D eigenvalue weighted by Crippen LogP contribution is 2.40. The van der Waals surface area contributed by atoms with Crippen molar-refractivity contribution >= 4 is 99.8 Å². The Morgan fingerprint density at radius 1 is 0.379 bits per heavy atom. The van der Waals surface area contributed by atoms with Crippen molar-refractivity contribution in [1.29, 1.82) is 0 Å². The van der Waals surface area contributed by atoms with Gasteiger partial charge in [-0.3, -0.25) is 17.9 Å².